The molecule has 0 unspecified atom stereocenters. The third-order valence-corrected chi connectivity index (χ3v) is 6.03. The molecule has 0 radical (unpaired) electrons. The number of hydrogen-bond donors (Lipinski definition) is 1. The monoisotopic (exact) mass is 380 g/mol. The fourth-order valence-corrected chi connectivity index (χ4v) is 4.26. The Morgan fingerprint density at radius 3 is 2.36 bits per heavy atom. The van der Waals surface area contributed by atoms with Crippen molar-refractivity contribution in [3.8, 4) is 0 Å². The molecule has 0 aliphatic carbocycles. The standard InChI is InChI=1S/C17H17ClN2O4S/c18-13-5-7-14(8-6-13)19-17(21)15-3-1-2-4-16(15)25(22,23)20-9-11-24-12-10-20/h1-8H,9-12H2,(H,19,21). The number of anilines is 1. The van der Waals surface area contributed by atoms with Crippen molar-refractivity contribution < 1.29 is 17.9 Å². The molecule has 8 heteroatoms. The van der Waals surface area contributed by atoms with Crippen LogP contribution >= 0.6 is 11.6 Å². The van der Waals surface area contributed by atoms with E-state index in [1.165, 1.54) is 16.4 Å². The second-order valence-electron chi connectivity index (χ2n) is 5.47. The van der Waals surface area contributed by atoms with Crippen molar-refractivity contribution in [2.75, 3.05) is 31.6 Å². The lowest BCUT2D eigenvalue weighted by atomic mass is 10.2. The Morgan fingerprint density at radius 1 is 1.04 bits per heavy atom. The van der Waals surface area contributed by atoms with Crippen molar-refractivity contribution in [3.63, 3.8) is 0 Å². The molecule has 6 nitrogen and oxygen atoms in total. The maximum Gasteiger partial charge on any atom is 0.257 e. The zero-order valence-corrected chi connectivity index (χ0v) is 14.9. The Bertz CT molecular complexity index is 862. The van der Waals surface area contributed by atoms with Crippen LogP contribution in [0.5, 0.6) is 0 Å². The van der Waals surface area contributed by atoms with Crippen LogP contribution < -0.4 is 5.32 Å². The van der Waals surface area contributed by atoms with Crippen molar-refractivity contribution in [3.05, 3.63) is 59.1 Å². The summed E-state index contributed by atoms with van der Waals surface area (Å²) < 4.78 is 32.3. The highest BCUT2D eigenvalue weighted by molar-refractivity contribution is 7.89. The largest absolute Gasteiger partial charge is 0.379 e. The average Bonchev–Trinajstić information content (AvgIpc) is 2.64. The van der Waals surface area contributed by atoms with Crippen LogP contribution in [0.15, 0.2) is 53.4 Å². The third-order valence-electron chi connectivity index (χ3n) is 3.82. The Hall–Kier alpha value is -1.93. The third kappa shape index (κ3) is 4.01. The Morgan fingerprint density at radius 2 is 1.68 bits per heavy atom. The van der Waals surface area contributed by atoms with Crippen molar-refractivity contribution in [2.24, 2.45) is 0 Å². The van der Waals surface area contributed by atoms with Gasteiger partial charge in [0.2, 0.25) is 10.0 Å². The van der Waals surface area contributed by atoms with Gasteiger partial charge < -0.3 is 10.1 Å². The van der Waals surface area contributed by atoms with E-state index in [4.69, 9.17) is 16.3 Å². The number of ether oxygens (including phenoxy) is 1. The molecule has 0 spiro atoms. The van der Waals surface area contributed by atoms with Crippen molar-refractivity contribution in [1.29, 1.82) is 0 Å². The van der Waals surface area contributed by atoms with Gasteiger partial charge in [0, 0.05) is 23.8 Å². The molecule has 1 saturated heterocycles. The van der Waals surface area contributed by atoms with Gasteiger partial charge in [0.25, 0.3) is 5.91 Å². The lowest BCUT2D eigenvalue weighted by molar-refractivity contribution is 0.0730. The molecule has 1 N–H and O–H groups in total. The summed E-state index contributed by atoms with van der Waals surface area (Å²) in [4.78, 5) is 12.6. The van der Waals surface area contributed by atoms with Crippen molar-refractivity contribution >= 4 is 33.2 Å². The average molecular weight is 381 g/mol. The normalized spacial score (nSPS) is 15.7. The van der Waals surface area contributed by atoms with Gasteiger partial charge in [-0.05, 0) is 36.4 Å². The van der Waals surface area contributed by atoms with Gasteiger partial charge in [0.05, 0.1) is 23.7 Å². The Labute approximate surface area is 151 Å². The molecule has 1 aliphatic rings. The van der Waals surface area contributed by atoms with Gasteiger partial charge >= 0.3 is 0 Å². The minimum Gasteiger partial charge on any atom is -0.379 e. The van der Waals surface area contributed by atoms with Gasteiger partial charge in [-0.25, -0.2) is 8.42 Å². The first-order valence-electron chi connectivity index (χ1n) is 7.72. The number of carbonyl (C=O) groups excluding carboxylic acids is 1. The highest BCUT2D eigenvalue weighted by atomic mass is 35.5. The number of amides is 1. The predicted molar refractivity (Wildman–Crippen MR) is 95.4 cm³/mol. The molecule has 2 aromatic rings. The number of benzene rings is 2. The first-order valence-corrected chi connectivity index (χ1v) is 9.54. The number of sulfonamides is 1. The lowest BCUT2D eigenvalue weighted by Crippen LogP contribution is -2.41. The maximum absolute atomic E-state index is 12.9. The Kier molecular flexibility index (Phi) is 5.39. The van der Waals surface area contributed by atoms with Crippen LogP contribution in [0.2, 0.25) is 5.02 Å². The van der Waals surface area contributed by atoms with Gasteiger partial charge in [-0.1, -0.05) is 23.7 Å². The highest BCUT2D eigenvalue weighted by Crippen LogP contribution is 2.22. The minimum atomic E-state index is -3.77. The van der Waals surface area contributed by atoms with Crippen LogP contribution in [-0.4, -0.2) is 44.9 Å². The molecule has 3 rings (SSSR count). The van der Waals surface area contributed by atoms with E-state index in [0.29, 0.717) is 23.9 Å². The highest BCUT2D eigenvalue weighted by Gasteiger charge is 2.30. The maximum atomic E-state index is 12.9. The number of nitrogens with one attached hydrogen (secondary N) is 1. The van der Waals surface area contributed by atoms with Crippen molar-refractivity contribution in [2.45, 2.75) is 4.90 Å². The summed E-state index contributed by atoms with van der Waals surface area (Å²) >= 11 is 5.83. The quantitative estimate of drug-likeness (QED) is 0.884. The number of carbonyl (C=O) groups is 1. The van der Waals surface area contributed by atoms with E-state index in [9.17, 15) is 13.2 Å². The molecule has 2 aromatic carbocycles. The lowest BCUT2D eigenvalue weighted by Gasteiger charge is -2.26. The SMILES string of the molecule is O=C(Nc1ccc(Cl)cc1)c1ccccc1S(=O)(=O)N1CCOCC1. The fraction of sp³-hybridized carbons (Fsp3) is 0.235. The summed E-state index contributed by atoms with van der Waals surface area (Å²) in [6.07, 6.45) is 0. The van der Waals surface area contributed by atoms with E-state index >= 15 is 0 Å². The zero-order valence-electron chi connectivity index (χ0n) is 13.3. The molecule has 0 saturated carbocycles. The summed E-state index contributed by atoms with van der Waals surface area (Å²) in [5, 5.41) is 3.24. The molecule has 1 heterocycles. The van der Waals surface area contributed by atoms with Gasteiger partial charge in [-0.15, -0.1) is 0 Å². The molecule has 1 amide bonds. The van der Waals surface area contributed by atoms with Gasteiger partial charge in [0.1, 0.15) is 0 Å². The summed E-state index contributed by atoms with van der Waals surface area (Å²) in [5.41, 5.74) is 0.636. The molecule has 25 heavy (non-hydrogen) atoms. The summed E-state index contributed by atoms with van der Waals surface area (Å²) in [7, 11) is -3.77. The summed E-state index contributed by atoms with van der Waals surface area (Å²) in [6, 6.07) is 12.8. The second kappa shape index (κ2) is 7.53. The smallest absolute Gasteiger partial charge is 0.257 e. The second-order valence-corrected chi connectivity index (χ2v) is 7.82. The van der Waals surface area contributed by atoms with Crippen molar-refractivity contribution in [1.82, 2.24) is 4.31 Å². The first-order chi connectivity index (χ1) is 12.0. The van der Waals surface area contributed by atoms with Crippen LogP contribution in [0.25, 0.3) is 0 Å². The summed E-state index contributed by atoms with van der Waals surface area (Å²) in [6.45, 7) is 1.24. The molecule has 0 atom stereocenters. The first kappa shape index (κ1) is 17.9. The molecule has 0 bridgehead atoms. The zero-order chi connectivity index (χ0) is 17.9. The molecule has 1 aliphatic heterocycles. The van der Waals surface area contributed by atoms with Gasteiger partial charge in [0.15, 0.2) is 0 Å². The number of morpholine rings is 1. The fourth-order valence-electron chi connectivity index (χ4n) is 2.54. The van der Waals surface area contributed by atoms with E-state index in [1.54, 1.807) is 36.4 Å². The molecular weight excluding hydrogens is 364 g/mol. The molecule has 132 valence electrons. The van der Waals surface area contributed by atoms with Crippen LogP contribution in [0.3, 0.4) is 0 Å². The molecular formula is C17H17ClN2O4S. The van der Waals surface area contributed by atoms with E-state index in [0.717, 1.165) is 0 Å². The topological polar surface area (TPSA) is 75.7 Å². The van der Waals surface area contributed by atoms with E-state index in [-0.39, 0.29) is 23.5 Å². The van der Waals surface area contributed by atoms with Gasteiger partial charge in [-0.2, -0.15) is 4.31 Å². The van der Waals surface area contributed by atoms with E-state index in [1.807, 2.05) is 0 Å². The number of hydrogen-bond acceptors (Lipinski definition) is 4. The molecule has 0 aromatic heterocycles. The predicted octanol–water partition coefficient (Wildman–Crippen LogP) is 2.61. The van der Waals surface area contributed by atoms with Gasteiger partial charge in [-0.3, -0.25) is 4.79 Å². The van der Waals surface area contributed by atoms with E-state index < -0.39 is 15.9 Å². The summed E-state index contributed by atoms with van der Waals surface area (Å²) in [5.74, 6) is -0.491. The number of halogens is 1. The van der Waals surface area contributed by atoms with Crippen LogP contribution in [0.1, 0.15) is 10.4 Å². The minimum absolute atomic E-state index is 0.0108. The van der Waals surface area contributed by atoms with Crippen LogP contribution in [-0.2, 0) is 14.8 Å². The molecule has 1 fully saturated rings. The number of rotatable bonds is 4. The van der Waals surface area contributed by atoms with Crippen LogP contribution in [0.4, 0.5) is 5.69 Å². The van der Waals surface area contributed by atoms with E-state index in [2.05, 4.69) is 5.32 Å². The van der Waals surface area contributed by atoms with Crippen LogP contribution in [0, 0.1) is 0 Å². The number of nitrogens with zero attached hydrogens (tertiary/aromatic N) is 1. The Balaban J connectivity index is 1.89.